The van der Waals surface area contributed by atoms with Crippen molar-refractivity contribution in [3.8, 4) is 5.75 Å². The zero-order chi connectivity index (χ0) is 17.0. The van der Waals surface area contributed by atoms with Crippen LogP contribution in [-0.2, 0) is 16.1 Å². The van der Waals surface area contributed by atoms with E-state index in [-0.39, 0.29) is 11.7 Å². The Labute approximate surface area is 135 Å². The average Bonchev–Trinajstić information content (AvgIpc) is 2.72. The van der Waals surface area contributed by atoms with Crippen molar-refractivity contribution >= 4 is 11.8 Å². The second-order valence-corrected chi connectivity index (χ2v) is 5.77. The van der Waals surface area contributed by atoms with Crippen molar-refractivity contribution in [3.63, 3.8) is 0 Å². The molecule has 1 aliphatic heterocycles. The van der Waals surface area contributed by atoms with Gasteiger partial charge in [-0.25, -0.2) is 4.39 Å². The van der Waals surface area contributed by atoms with E-state index in [1.807, 2.05) is 4.90 Å². The van der Waals surface area contributed by atoms with Crippen LogP contribution in [0.4, 0.5) is 4.39 Å². The Kier molecular flexibility index (Phi) is 5.54. The molecule has 0 bridgehead atoms. The molecule has 1 heterocycles. The lowest BCUT2D eigenvalue weighted by atomic mass is 10.1. The van der Waals surface area contributed by atoms with Crippen LogP contribution in [0.15, 0.2) is 18.2 Å². The van der Waals surface area contributed by atoms with Crippen LogP contribution in [0, 0.1) is 11.7 Å². The first-order valence-corrected chi connectivity index (χ1v) is 7.50. The number of benzene rings is 1. The number of hydrogen-bond acceptors (Lipinski definition) is 4. The summed E-state index contributed by atoms with van der Waals surface area (Å²) in [5.74, 6) is -1.12. The molecule has 1 aromatic rings. The SMILES string of the molecule is COc1cc(CN2CCN(C(C)=O)C[C@H](C(N)=O)C2)ccc1F. The lowest BCUT2D eigenvalue weighted by Crippen LogP contribution is -2.39. The molecule has 2 amide bonds. The van der Waals surface area contributed by atoms with Crippen LogP contribution in [0.1, 0.15) is 12.5 Å². The maximum Gasteiger partial charge on any atom is 0.223 e. The second-order valence-electron chi connectivity index (χ2n) is 5.77. The largest absolute Gasteiger partial charge is 0.494 e. The van der Waals surface area contributed by atoms with E-state index in [0.717, 1.165) is 5.56 Å². The Balaban J connectivity index is 2.12. The van der Waals surface area contributed by atoms with E-state index in [2.05, 4.69) is 0 Å². The third-order valence-electron chi connectivity index (χ3n) is 4.07. The van der Waals surface area contributed by atoms with E-state index in [1.165, 1.54) is 20.1 Å². The molecule has 2 N–H and O–H groups in total. The molecule has 1 saturated heterocycles. The highest BCUT2D eigenvalue weighted by Crippen LogP contribution is 2.20. The molecule has 1 fully saturated rings. The van der Waals surface area contributed by atoms with Gasteiger partial charge >= 0.3 is 0 Å². The second kappa shape index (κ2) is 7.41. The van der Waals surface area contributed by atoms with Crippen molar-refractivity contribution < 1.29 is 18.7 Å². The van der Waals surface area contributed by atoms with Gasteiger partial charge in [0.05, 0.1) is 13.0 Å². The molecule has 1 atom stereocenters. The van der Waals surface area contributed by atoms with Crippen LogP contribution in [0.2, 0.25) is 0 Å². The minimum atomic E-state index is -0.417. The minimum absolute atomic E-state index is 0.0680. The number of amides is 2. The molecule has 1 aromatic carbocycles. The zero-order valence-electron chi connectivity index (χ0n) is 13.4. The molecule has 126 valence electrons. The summed E-state index contributed by atoms with van der Waals surface area (Å²) in [7, 11) is 1.42. The lowest BCUT2D eigenvalue weighted by molar-refractivity contribution is -0.130. The first-order chi connectivity index (χ1) is 10.9. The van der Waals surface area contributed by atoms with Gasteiger partial charge in [-0.05, 0) is 17.7 Å². The van der Waals surface area contributed by atoms with Crippen LogP contribution >= 0.6 is 0 Å². The predicted octanol–water partition coefficient (Wildman–Crippen LogP) is 0.600. The molecule has 0 radical (unpaired) electrons. The summed E-state index contributed by atoms with van der Waals surface area (Å²) in [6.45, 7) is 4.00. The quantitative estimate of drug-likeness (QED) is 0.880. The molecule has 7 heteroatoms. The third-order valence-corrected chi connectivity index (χ3v) is 4.07. The first-order valence-electron chi connectivity index (χ1n) is 7.50. The van der Waals surface area contributed by atoms with Crippen molar-refractivity contribution in [2.75, 3.05) is 33.3 Å². The summed E-state index contributed by atoms with van der Waals surface area (Å²) in [4.78, 5) is 26.9. The van der Waals surface area contributed by atoms with Gasteiger partial charge in [0, 0.05) is 39.6 Å². The van der Waals surface area contributed by atoms with Gasteiger partial charge in [-0.1, -0.05) is 6.07 Å². The Bertz CT molecular complexity index is 594. The van der Waals surface area contributed by atoms with Crippen LogP contribution < -0.4 is 10.5 Å². The smallest absolute Gasteiger partial charge is 0.223 e. The van der Waals surface area contributed by atoms with Crippen molar-refractivity contribution in [3.05, 3.63) is 29.6 Å². The molecule has 23 heavy (non-hydrogen) atoms. The highest BCUT2D eigenvalue weighted by atomic mass is 19.1. The van der Waals surface area contributed by atoms with Crippen LogP contribution in [0.3, 0.4) is 0 Å². The molecule has 6 nitrogen and oxygen atoms in total. The van der Waals surface area contributed by atoms with Crippen molar-refractivity contribution in [2.45, 2.75) is 13.5 Å². The molecule has 2 rings (SSSR count). The standard InChI is InChI=1S/C16H22FN3O3/c1-11(21)20-6-5-19(9-13(10-20)16(18)22)8-12-3-4-14(17)15(7-12)23-2/h3-4,7,13H,5-6,8-10H2,1-2H3,(H2,18,22)/t13-/m1/s1. The number of primary amides is 1. The van der Waals surface area contributed by atoms with E-state index in [4.69, 9.17) is 10.5 Å². The van der Waals surface area contributed by atoms with Crippen LogP contribution in [-0.4, -0.2) is 54.9 Å². The molecular weight excluding hydrogens is 301 g/mol. The number of nitrogens with zero attached hydrogens (tertiary/aromatic N) is 2. The van der Waals surface area contributed by atoms with E-state index in [1.54, 1.807) is 17.0 Å². The fraction of sp³-hybridized carbons (Fsp3) is 0.500. The van der Waals surface area contributed by atoms with Gasteiger partial charge in [0.2, 0.25) is 11.8 Å². The van der Waals surface area contributed by atoms with Crippen LogP contribution in [0.5, 0.6) is 5.75 Å². The lowest BCUT2D eigenvalue weighted by Gasteiger charge is -2.22. The molecule has 0 saturated carbocycles. The fourth-order valence-corrected chi connectivity index (χ4v) is 2.75. The van der Waals surface area contributed by atoms with E-state index >= 15 is 0 Å². The predicted molar refractivity (Wildman–Crippen MR) is 83.2 cm³/mol. The summed E-state index contributed by atoms with van der Waals surface area (Å²) in [5.41, 5.74) is 6.32. The number of carbonyl (C=O) groups excluding carboxylic acids is 2. The third kappa shape index (κ3) is 4.41. The van der Waals surface area contributed by atoms with Gasteiger partial charge in [0.25, 0.3) is 0 Å². The average molecular weight is 323 g/mol. The number of rotatable bonds is 4. The number of hydrogen-bond donors (Lipinski definition) is 1. The molecule has 1 aliphatic rings. The summed E-state index contributed by atoms with van der Waals surface area (Å²) in [6.07, 6.45) is 0. The van der Waals surface area contributed by atoms with Crippen molar-refractivity contribution in [1.82, 2.24) is 9.80 Å². The molecule has 0 spiro atoms. The monoisotopic (exact) mass is 323 g/mol. The number of carbonyl (C=O) groups is 2. The van der Waals surface area contributed by atoms with Gasteiger partial charge in [-0.3, -0.25) is 14.5 Å². The van der Waals surface area contributed by atoms with E-state index in [9.17, 15) is 14.0 Å². The molecular formula is C16H22FN3O3. The van der Waals surface area contributed by atoms with Gasteiger partial charge in [0.15, 0.2) is 11.6 Å². The molecule has 0 unspecified atom stereocenters. The maximum atomic E-state index is 13.5. The summed E-state index contributed by atoms with van der Waals surface area (Å²) < 4.78 is 18.5. The van der Waals surface area contributed by atoms with E-state index in [0.29, 0.717) is 32.7 Å². The maximum absolute atomic E-state index is 13.5. The molecule has 0 aliphatic carbocycles. The number of halogens is 1. The summed E-state index contributed by atoms with van der Waals surface area (Å²) >= 11 is 0. The Hall–Kier alpha value is -2.15. The first kappa shape index (κ1) is 17.2. The highest BCUT2D eigenvalue weighted by Gasteiger charge is 2.27. The normalized spacial score (nSPS) is 19.3. The highest BCUT2D eigenvalue weighted by molar-refractivity contribution is 5.79. The number of nitrogens with two attached hydrogens (primary N) is 1. The van der Waals surface area contributed by atoms with Gasteiger partial charge < -0.3 is 15.4 Å². The van der Waals surface area contributed by atoms with Crippen molar-refractivity contribution in [2.24, 2.45) is 11.7 Å². The Morgan fingerprint density at radius 2 is 2.09 bits per heavy atom. The van der Waals surface area contributed by atoms with Gasteiger partial charge in [-0.2, -0.15) is 0 Å². The minimum Gasteiger partial charge on any atom is -0.494 e. The summed E-state index contributed by atoms with van der Waals surface area (Å²) in [5, 5.41) is 0. The summed E-state index contributed by atoms with van der Waals surface area (Å²) in [6, 6.07) is 4.69. The van der Waals surface area contributed by atoms with Gasteiger partial charge in [0.1, 0.15) is 0 Å². The number of methoxy groups -OCH3 is 1. The zero-order valence-corrected chi connectivity index (χ0v) is 13.4. The topological polar surface area (TPSA) is 75.9 Å². The van der Waals surface area contributed by atoms with Crippen molar-refractivity contribution in [1.29, 1.82) is 0 Å². The Morgan fingerprint density at radius 3 is 2.70 bits per heavy atom. The van der Waals surface area contributed by atoms with Crippen LogP contribution in [0.25, 0.3) is 0 Å². The Morgan fingerprint density at radius 1 is 1.35 bits per heavy atom. The number of ether oxygens (including phenoxy) is 1. The fourth-order valence-electron chi connectivity index (χ4n) is 2.75. The van der Waals surface area contributed by atoms with E-state index < -0.39 is 17.6 Å². The van der Waals surface area contributed by atoms with Gasteiger partial charge in [-0.15, -0.1) is 0 Å². The molecule has 0 aromatic heterocycles.